The van der Waals surface area contributed by atoms with Crippen molar-refractivity contribution in [3.05, 3.63) is 12.0 Å². The van der Waals surface area contributed by atoms with Crippen LogP contribution in [-0.4, -0.2) is 22.6 Å². The van der Waals surface area contributed by atoms with Crippen LogP contribution in [0.5, 0.6) is 0 Å². The molecule has 1 aliphatic carbocycles. The maximum Gasteiger partial charge on any atom is 0.222 e. The van der Waals surface area contributed by atoms with Gasteiger partial charge in [-0.3, -0.25) is 0 Å². The van der Waals surface area contributed by atoms with Crippen LogP contribution in [0.15, 0.2) is 6.20 Å². The van der Waals surface area contributed by atoms with Gasteiger partial charge >= 0.3 is 0 Å². The van der Waals surface area contributed by atoms with Gasteiger partial charge in [-0.25, -0.2) is 9.37 Å². The molecule has 1 fully saturated rings. The van der Waals surface area contributed by atoms with Gasteiger partial charge in [-0.2, -0.15) is 4.98 Å². The first-order chi connectivity index (χ1) is 7.72. The third kappa shape index (κ3) is 2.40. The third-order valence-corrected chi connectivity index (χ3v) is 2.76. The quantitative estimate of drug-likeness (QED) is 0.830. The van der Waals surface area contributed by atoms with Gasteiger partial charge in [0.2, 0.25) is 5.95 Å². The lowest BCUT2D eigenvalue weighted by atomic mass is 10.3. The predicted octanol–water partition coefficient (Wildman–Crippen LogP) is 1.97. The van der Waals surface area contributed by atoms with Crippen LogP contribution in [0.25, 0.3) is 0 Å². The Hall–Kier alpha value is -1.39. The minimum Gasteiger partial charge on any atom is -0.368 e. The van der Waals surface area contributed by atoms with E-state index in [1.807, 2.05) is 4.90 Å². The Balaban J connectivity index is 2.19. The number of aromatic nitrogens is 2. The Morgan fingerprint density at radius 3 is 2.94 bits per heavy atom. The molecule has 0 saturated heterocycles. The molecule has 0 aromatic carbocycles. The van der Waals surface area contributed by atoms with Crippen molar-refractivity contribution >= 4 is 11.8 Å². The van der Waals surface area contributed by atoms with Gasteiger partial charge in [-0.1, -0.05) is 13.3 Å². The number of hydrogen-bond donors (Lipinski definition) is 1. The topological polar surface area (TPSA) is 55.0 Å². The number of nitrogens with zero attached hydrogens (tertiary/aromatic N) is 3. The largest absolute Gasteiger partial charge is 0.368 e. The third-order valence-electron chi connectivity index (χ3n) is 2.76. The van der Waals surface area contributed by atoms with Crippen LogP contribution in [-0.2, 0) is 0 Å². The molecule has 0 spiro atoms. The number of nitrogen functional groups attached to an aromatic ring is 1. The van der Waals surface area contributed by atoms with Gasteiger partial charge in [0.1, 0.15) is 0 Å². The monoisotopic (exact) mass is 224 g/mol. The highest BCUT2D eigenvalue weighted by molar-refractivity contribution is 5.44. The predicted molar refractivity (Wildman–Crippen MR) is 61.7 cm³/mol. The van der Waals surface area contributed by atoms with Crippen LogP contribution in [0.4, 0.5) is 16.2 Å². The van der Waals surface area contributed by atoms with Crippen LogP contribution in [0.3, 0.4) is 0 Å². The Morgan fingerprint density at radius 1 is 1.56 bits per heavy atom. The van der Waals surface area contributed by atoms with Crippen molar-refractivity contribution in [2.45, 2.75) is 38.6 Å². The molecule has 2 rings (SSSR count). The van der Waals surface area contributed by atoms with E-state index in [2.05, 4.69) is 16.9 Å². The highest BCUT2D eigenvalue weighted by atomic mass is 19.1. The van der Waals surface area contributed by atoms with Crippen LogP contribution in [0.1, 0.15) is 32.6 Å². The molecule has 0 unspecified atom stereocenters. The standard InChI is InChI=1S/C11H17FN4/c1-2-3-6-16(8-4-5-8)10-9(12)7-14-11(13)15-10/h7-8H,2-6H2,1H3,(H2,13,14,15). The minimum absolute atomic E-state index is 0.138. The molecule has 2 N–H and O–H groups in total. The maximum atomic E-state index is 13.6. The molecule has 1 heterocycles. The fraction of sp³-hybridized carbons (Fsp3) is 0.636. The molecule has 88 valence electrons. The van der Waals surface area contributed by atoms with Crippen LogP contribution in [0.2, 0.25) is 0 Å². The van der Waals surface area contributed by atoms with Gasteiger partial charge in [0.25, 0.3) is 0 Å². The van der Waals surface area contributed by atoms with E-state index >= 15 is 0 Å². The Morgan fingerprint density at radius 2 is 2.31 bits per heavy atom. The fourth-order valence-corrected chi connectivity index (χ4v) is 1.75. The molecule has 0 aliphatic heterocycles. The second-order valence-electron chi connectivity index (χ2n) is 4.18. The van der Waals surface area contributed by atoms with Gasteiger partial charge in [0.15, 0.2) is 11.6 Å². The first-order valence-electron chi connectivity index (χ1n) is 5.77. The molecule has 0 atom stereocenters. The zero-order valence-corrected chi connectivity index (χ0v) is 9.49. The van der Waals surface area contributed by atoms with Gasteiger partial charge in [-0.15, -0.1) is 0 Å². The lowest BCUT2D eigenvalue weighted by Gasteiger charge is -2.23. The van der Waals surface area contributed by atoms with Gasteiger partial charge in [0.05, 0.1) is 6.20 Å². The zero-order chi connectivity index (χ0) is 11.5. The van der Waals surface area contributed by atoms with E-state index in [1.165, 1.54) is 0 Å². The fourth-order valence-electron chi connectivity index (χ4n) is 1.75. The molecule has 0 bridgehead atoms. The SMILES string of the molecule is CCCCN(c1nc(N)ncc1F)C1CC1. The zero-order valence-electron chi connectivity index (χ0n) is 9.49. The van der Waals surface area contributed by atoms with Gasteiger partial charge < -0.3 is 10.6 Å². The lowest BCUT2D eigenvalue weighted by Crippen LogP contribution is -2.29. The summed E-state index contributed by atoms with van der Waals surface area (Å²) in [6, 6.07) is 0.440. The number of halogens is 1. The number of rotatable bonds is 5. The molecule has 5 heteroatoms. The molecule has 1 aromatic rings. The van der Waals surface area contributed by atoms with Crippen LogP contribution < -0.4 is 10.6 Å². The van der Waals surface area contributed by atoms with Crippen LogP contribution >= 0.6 is 0 Å². The van der Waals surface area contributed by atoms with Crippen molar-refractivity contribution in [2.75, 3.05) is 17.2 Å². The first-order valence-corrected chi connectivity index (χ1v) is 5.77. The summed E-state index contributed by atoms with van der Waals surface area (Å²) in [7, 11) is 0. The molecule has 1 aromatic heterocycles. The molecular formula is C11H17FN4. The normalized spacial score (nSPS) is 15.1. The number of unbranched alkanes of at least 4 members (excludes halogenated alkanes) is 1. The number of anilines is 2. The highest BCUT2D eigenvalue weighted by Gasteiger charge is 2.31. The lowest BCUT2D eigenvalue weighted by molar-refractivity contribution is 0.595. The number of hydrogen-bond acceptors (Lipinski definition) is 4. The summed E-state index contributed by atoms with van der Waals surface area (Å²) in [5, 5.41) is 0. The van der Waals surface area contributed by atoms with Crippen LogP contribution in [0, 0.1) is 5.82 Å². The minimum atomic E-state index is -0.378. The van der Waals surface area contributed by atoms with Crippen molar-refractivity contribution < 1.29 is 4.39 Å². The second-order valence-corrected chi connectivity index (χ2v) is 4.18. The van der Waals surface area contributed by atoms with E-state index in [-0.39, 0.29) is 11.8 Å². The molecule has 1 aliphatic rings. The van der Waals surface area contributed by atoms with E-state index in [0.717, 1.165) is 38.4 Å². The smallest absolute Gasteiger partial charge is 0.222 e. The summed E-state index contributed by atoms with van der Waals surface area (Å²) < 4.78 is 13.6. The average Bonchev–Trinajstić information content (AvgIpc) is 3.08. The van der Waals surface area contributed by atoms with Crippen molar-refractivity contribution in [1.82, 2.24) is 9.97 Å². The summed E-state index contributed by atoms with van der Waals surface area (Å²) in [6.07, 6.45) is 5.52. The second kappa shape index (κ2) is 4.63. The van der Waals surface area contributed by atoms with E-state index < -0.39 is 0 Å². The molecule has 1 saturated carbocycles. The maximum absolute atomic E-state index is 13.6. The molecule has 0 amide bonds. The first kappa shape index (κ1) is 11.1. The molecule has 16 heavy (non-hydrogen) atoms. The van der Waals surface area contributed by atoms with Crippen molar-refractivity contribution in [1.29, 1.82) is 0 Å². The molecule has 0 radical (unpaired) electrons. The number of nitrogens with two attached hydrogens (primary N) is 1. The molecular weight excluding hydrogens is 207 g/mol. The van der Waals surface area contributed by atoms with Gasteiger partial charge in [0, 0.05) is 12.6 Å². The summed E-state index contributed by atoms with van der Waals surface area (Å²) in [5.74, 6) is 0.124. The summed E-state index contributed by atoms with van der Waals surface area (Å²) >= 11 is 0. The summed E-state index contributed by atoms with van der Waals surface area (Å²) in [6.45, 7) is 2.96. The van der Waals surface area contributed by atoms with E-state index in [0.29, 0.717) is 11.9 Å². The highest BCUT2D eigenvalue weighted by Crippen LogP contribution is 2.32. The van der Waals surface area contributed by atoms with E-state index in [1.54, 1.807) is 0 Å². The summed E-state index contributed by atoms with van der Waals surface area (Å²) in [5.41, 5.74) is 5.50. The van der Waals surface area contributed by atoms with Gasteiger partial charge in [-0.05, 0) is 19.3 Å². The molecule has 4 nitrogen and oxygen atoms in total. The van der Waals surface area contributed by atoms with Crippen molar-refractivity contribution in [2.24, 2.45) is 0 Å². The summed E-state index contributed by atoms with van der Waals surface area (Å²) in [4.78, 5) is 9.68. The van der Waals surface area contributed by atoms with E-state index in [9.17, 15) is 4.39 Å². The van der Waals surface area contributed by atoms with Crippen molar-refractivity contribution in [3.8, 4) is 0 Å². The Labute approximate surface area is 94.7 Å². The van der Waals surface area contributed by atoms with Crippen molar-refractivity contribution in [3.63, 3.8) is 0 Å². The Kier molecular flexibility index (Phi) is 3.22. The Bertz CT molecular complexity index is 365. The average molecular weight is 224 g/mol. The van der Waals surface area contributed by atoms with E-state index in [4.69, 9.17) is 5.73 Å².